The first kappa shape index (κ1) is 15.4. The maximum Gasteiger partial charge on any atom is 0.293 e. The van der Waals surface area contributed by atoms with Crippen molar-refractivity contribution in [3.63, 3.8) is 0 Å². The number of nitrogens with zero attached hydrogens (tertiary/aromatic N) is 1. The van der Waals surface area contributed by atoms with Crippen LogP contribution in [-0.4, -0.2) is 10.8 Å². The molecule has 114 valence electrons. The third-order valence-corrected chi connectivity index (χ3v) is 3.22. The SMILES string of the molecule is C[C@@H](Nc1ccc(C(N)=O)cc1[N+](=O)[O-])c1ccc(F)cc1. The van der Waals surface area contributed by atoms with Gasteiger partial charge >= 0.3 is 0 Å². The number of primary amides is 1. The number of hydrogen-bond donors (Lipinski definition) is 2. The Morgan fingerprint density at radius 1 is 1.27 bits per heavy atom. The van der Waals surface area contributed by atoms with Crippen molar-refractivity contribution in [3.8, 4) is 0 Å². The van der Waals surface area contributed by atoms with Crippen LogP contribution in [0.5, 0.6) is 0 Å². The molecule has 3 N–H and O–H groups in total. The molecule has 7 heteroatoms. The molecular weight excluding hydrogens is 289 g/mol. The van der Waals surface area contributed by atoms with E-state index in [2.05, 4.69) is 5.32 Å². The number of nitrogens with one attached hydrogen (secondary N) is 1. The molecule has 0 aliphatic carbocycles. The van der Waals surface area contributed by atoms with Crippen molar-refractivity contribution in [2.24, 2.45) is 5.73 Å². The third-order valence-electron chi connectivity index (χ3n) is 3.22. The molecule has 0 fully saturated rings. The fraction of sp³-hybridized carbons (Fsp3) is 0.133. The molecule has 0 aliphatic heterocycles. The van der Waals surface area contributed by atoms with Gasteiger partial charge in [-0.1, -0.05) is 12.1 Å². The summed E-state index contributed by atoms with van der Waals surface area (Å²) in [6.07, 6.45) is 0. The number of rotatable bonds is 5. The molecule has 0 bridgehead atoms. The van der Waals surface area contributed by atoms with Gasteiger partial charge in [0.1, 0.15) is 11.5 Å². The first-order valence-corrected chi connectivity index (χ1v) is 6.48. The van der Waals surface area contributed by atoms with Crippen LogP contribution in [0.15, 0.2) is 42.5 Å². The Bertz CT molecular complexity index is 716. The average Bonchev–Trinajstić information content (AvgIpc) is 2.47. The van der Waals surface area contributed by atoms with Crippen molar-refractivity contribution in [2.45, 2.75) is 13.0 Å². The van der Waals surface area contributed by atoms with Crippen LogP contribution >= 0.6 is 0 Å². The van der Waals surface area contributed by atoms with Crippen LogP contribution in [-0.2, 0) is 0 Å². The van der Waals surface area contributed by atoms with Gasteiger partial charge in [-0.2, -0.15) is 0 Å². The minimum atomic E-state index is -0.735. The van der Waals surface area contributed by atoms with E-state index < -0.39 is 10.8 Å². The molecule has 0 saturated carbocycles. The summed E-state index contributed by atoms with van der Waals surface area (Å²) < 4.78 is 12.9. The van der Waals surface area contributed by atoms with E-state index >= 15 is 0 Å². The Kier molecular flexibility index (Phi) is 4.36. The molecule has 6 nitrogen and oxygen atoms in total. The van der Waals surface area contributed by atoms with Crippen molar-refractivity contribution in [2.75, 3.05) is 5.32 Å². The number of anilines is 1. The number of carbonyl (C=O) groups is 1. The van der Waals surface area contributed by atoms with Crippen molar-refractivity contribution in [1.29, 1.82) is 0 Å². The van der Waals surface area contributed by atoms with Crippen LogP contribution in [0.4, 0.5) is 15.8 Å². The molecule has 2 aromatic carbocycles. The first-order chi connectivity index (χ1) is 10.4. The molecule has 1 amide bonds. The highest BCUT2D eigenvalue weighted by Gasteiger charge is 2.18. The van der Waals surface area contributed by atoms with E-state index in [4.69, 9.17) is 5.73 Å². The van der Waals surface area contributed by atoms with Gasteiger partial charge in [-0.05, 0) is 36.8 Å². The number of nitrogens with two attached hydrogens (primary N) is 1. The lowest BCUT2D eigenvalue weighted by molar-refractivity contribution is -0.384. The minimum Gasteiger partial charge on any atom is -0.373 e. The molecule has 2 rings (SSSR count). The fourth-order valence-electron chi connectivity index (χ4n) is 2.03. The van der Waals surface area contributed by atoms with E-state index in [1.54, 1.807) is 19.1 Å². The second-order valence-corrected chi connectivity index (χ2v) is 4.77. The lowest BCUT2D eigenvalue weighted by Crippen LogP contribution is -2.13. The predicted octanol–water partition coefficient (Wildman–Crippen LogP) is 3.01. The second kappa shape index (κ2) is 6.21. The third kappa shape index (κ3) is 3.38. The van der Waals surface area contributed by atoms with Crippen LogP contribution in [0.1, 0.15) is 28.9 Å². The van der Waals surface area contributed by atoms with Crippen LogP contribution < -0.4 is 11.1 Å². The van der Waals surface area contributed by atoms with Gasteiger partial charge < -0.3 is 11.1 Å². The van der Waals surface area contributed by atoms with Crippen molar-refractivity contribution >= 4 is 17.3 Å². The Morgan fingerprint density at radius 3 is 2.45 bits per heavy atom. The monoisotopic (exact) mass is 303 g/mol. The molecule has 0 spiro atoms. The standard InChI is InChI=1S/C15H14FN3O3/c1-9(10-2-5-12(16)6-3-10)18-13-7-4-11(15(17)20)8-14(13)19(21)22/h2-9,18H,1H3,(H2,17,20)/t9-/m1/s1. The molecule has 0 aromatic heterocycles. The summed E-state index contributed by atoms with van der Waals surface area (Å²) in [6.45, 7) is 1.79. The Morgan fingerprint density at radius 2 is 1.91 bits per heavy atom. The number of nitro groups is 1. The van der Waals surface area contributed by atoms with Crippen molar-refractivity contribution in [1.82, 2.24) is 0 Å². The molecule has 0 saturated heterocycles. The Balaban J connectivity index is 2.30. The zero-order chi connectivity index (χ0) is 16.3. The van der Waals surface area contributed by atoms with Crippen LogP contribution in [0.25, 0.3) is 0 Å². The predicted molar refractivity (Wildman–Crippen MR) is 80.1 cm³/mol. The zero-order valence-electron chi connectivity index (χ0n) is 11.7. The zero-order valence-corrected chi connectivity index (χ0v) is 11.7. The molecule has 0 radical (unpaired) electrons. The topological polar surface area (TPSA) is 98.3 Å². The van der Waals surface area contributed by atoms with Gasteiger partial charge in [-0.25, -0.2) is 4.39 Å². The Hall–Kier alpha value is -2.96. The summed E-state index contributed by atoms with van der Waals surface area (Å²) in [7, 11) is 0. The summed E-state index contributed by atoms with van der Waals surface area (Å²) in [5.41, 5.74) is 5.97. The van der Waals surface area contributed by atoms with E-state index in [0.717, 1.165) is 11.6 Å². The number of carbonyl (C=O) groups excluding carboxylic acids is 1. The minimum absolute atomic E-state index is 0.0617. The number of amides is 1. The van der Waals surface area contributed by atoms with Crippen molar-refractivity contribution in [3.05, 3.63) is 69.5 Å². The maximum absolute atomic E-state index is 12.9. The highest BCUT2D eigenvalue weighted by atomic mass is 19.1. The molecule has 22 heavy (non-hydrogen) atoms. The number of benzene rings is 2. The summed E-state index contributed by atoms with van der Waals surface area (Å²) in [5.74, 6) is -1.09. The second-order valence-electron chi connectivity index (χ2n) is 4.77. The van der Waals surface area contributed by atoms with Gasteiger partial charge in [0.05, 0.1) is 4.92 Å². The largest absolute Gasteiger partial charge is 0.373 e. The van der Waals surface area contributed by atoms with E-state index in [1.165, 1.54) is 24.3 Å². The number of nitro benzene ring substituents is 1. The lowest BCUT2D eigenvalue weighted by atomic mass is 10.1. The quantitative estimate of drug-likeness (QED) is 0.655. The fourth-order valence-corrected chi connectivity index (χ4v) is 2.03. The number of halogens is 1. The smallest absolute Gasteiger partial charge is 0.293 e. The molecule has 0 unspecified atom stereocenters. The Labute approximate surface area is 125 Å². The van der Waals surface area contributed by atoms with Crippen molar-refractivity contribution < 1.29 is 14.1 Å². The average molecular weight is 303 g/mol. The summed E-state index contributed by atoms with van der Waals surface area (Å²) in [4.78, 5) is 21.6. The van der Waals surface area contributed by atoms with E-state index in [9.17, 15) is 19.3 Å². The normalized spacial score (nSPS) is 11.7. The molecule has 2 aromatic rings. The van der Waals surface area contributed by atoms with Gasteiger partial charge in [-0.15, -0.1) is 0 Å². The summed E-state index contributed by atoms with van der Waals surface area (Å²) in [5, 5.41) is 14.1. The van der Waals surface area contributed by atoms with Gasteiger partial charge in [0.2, 0.25) is 5.91 Å². The van der Waals surface area contributed by atoms with E-state index in [0.29, 0.717) is 0 Å². The first-order valence-electron chi connectivity index (χ1n) is 6.48. The van der Waals surface area contributed by atoms with Crippen LogP contribution in [0, 0.1) is 15.9 Å². The van der Waals surface area contributed by atoms with E-state index in [1.807, 2.05) is 0 Å². The van der Waals surface area contributed by atoms with Crippen LogP contribution in [0.3, 0.4) is 0 Å². The highest BCUT2D eigenvalue weighted by molar-refractivity contribution is 5.94. The number of hydrogen-bond acceptors (Lipinski definition) is 4. The maximum atomic E-state index is 12.9. The van der Waals surface area contributed by atoms with Gasteiger partial charge in [-0.3, -0.25) is 14.9 Å². The summed E-state index contributed by atoms with van der Waals surface area (Å²) in [6, 6.07) is 9.51. The molecule has 1 atom stereocenters. The van der Waals surface area contributed by atoms with Gasteiger partial charge in [0, 0.05) is 17.7 Å². The van der Waals surface area contributed by atoms with Gasteiger partial charge in [0.25, 0.3) is 5.69 Å². The summed E-state index contributed by atoms with van der Waals surface area (Å²) >= 11 is 0. The highest BCUT2D eigenvalue weighted by Crippen LogP contribution is 2.29. The molecular formula is C15H14FN3O3. The molecule has 0 heterocycles. The van der Waals surface area contributed by atoms with E-state index in [-0.39, 0.29) is 28.8 Å². The van der Waals surface area contributed by atoms with Crippen LogP contribution in [0.2, 0.25) is 0 Å². The van der Waals surface area contributed by atoms with Gasteiger partial charge in [0.15, 0.2) is 0 Å². The molecule has 0 aliphatic rings. The lowest BCUT2D eigenvalue weighted by Gasteiger charge is -2.16.